The van der Waals surface area contributed by atoms with Crippen LogP contribution in [-0.4, -0.2) is 157 Å². The summed E-state index contributed by atoms with van der Waals surface area (Å²) in [4.78, 5) is 58.7. The van der Waals surface area contributed by atoms with Crippen molar-refractivity contribution >= 4 is 71.5 Å². The molecule has 412 valence electrons. The van der Waals surface area contributed by atoms with Gasteiger partial charge in [-0.05, 0) is 111 Å². The van der Waals surface area contributed by atoms with Crippen molar-refractivity contribution < 1.29 is 61.2 Å². The third kappa shape index (κ3) is 14.5. The molecule has 4 aromatic carbocycles. The normalized spacial score (nSPS) is 19.4. The largest absolute Gasteiger partial charge is 0.495 e. The Morgan fingerprint density at radius 2 is 1.18 bits per heavy atom. The van der Waals surface area contributed by atoms with Crippen LogP contribution in [0.1, 0.15) is 70.9 Å². The van der Waals surface area contributed by atoms with Gasteiger partial charge in [0.15, 0.2) is 0 Å². The fourth-order valence-corrected chi connectivity index (χ4v) is 10.6. The molecule has 2 amide bonds. The van der Waals surface area contributed by atoms with Crippen molar-refractivity contribution in [1.29, 1.82) is 0 Å². The van der Waals surface area contributed by atoms with E-state index in [-0.39, 0.29) is 49.8 Å². The summed E-state index contributed by atoms with van der Waals surface area (Å²) < 4.78 is 63.7. The van der Waals surface area contributed by atoms with Crippen LogP contribution >= 0.6 is 0 Å². The fraction of sp³-hybridized carbons (Fsp3) is 0.500. The van der Waals surface area contributed by atoms with Crippen LogP contribution in [0.3, 0.4) is 0 Å². The summed E-state index contributed by atoms with van der Waals surface area (Å²) in [5, 5.41) is 10.0. The highest BCUT2D eigenvalue weighted by molar-refractivity contribution is 6.67. The number of hydrogen-bond acceptors (Lipinski definition) is 15. The topological polar surface area (TPSA) is 163 Å². The first kappa shape index (κ1) is 56.9. The lowest BCUT2D eigenvalue weighted by molar-refractivity contribution is -0.118. The van der Waals surface area contributed by atoms with E-state index >= 15 is 8.78 Å². The van der Waals surface area contributed by atoms with Crippen LogP contribution in [0, 0.1) is 11.6 Å². The predicted molar refractivity (Wildman–Crippen MR) is 293 cm³/mol. The van der Waals surface area contributed by atoms with E-state index in [0.29, 0.717) is 107 Å². The maximum atomic E-state index is 15.1. The Labute approximate surface area is 451 Å². The zero-order chi connectivity index (χ0) is 53.3. The molecule has 17 nitrogen and oxygen atoms in total. The van der Waals surface area contributed by atoms with Crippen LogP contribution in [0.25, 0.3) is 0 Å². The number of fused-ring (bicyclic) bond motifs is 2. The summed E-state index contributed by atoms with van der Waals surface area (Å²) in [6, 6.07) is 21.7. The Morgan fingerprint density at radius 1 is 0.662 bits per heavy atom. The molecule has 2 unspecified atom stereocenters. The Kier molecular flexibility index (Phi) is 19.5. The molecule has 77 heavy (non-hydrogen) atoms. The van der Waals surface area contributed by atoms with E-state index in [4.69, 9.17) is 28.3 Å². The van der Waals surface area contributed by atoms with Crippen molar-refractivity contribution in [3.63, 3.8) is 0 Å². The molecule has 4 aromatic rings. The van der Waals surface area contributed by atoms with Crippen LogP contribution < -0.4 is 40.0 Å². The van der Waals surface area contributed by atoms with Gasteiger partial charge in [0, 0.05) is 83.8 Å². The maximum absolute atomic E-state index is 15.1. The molecule has 4 fully saturated rings. The third-order valence-corrected chi connectivity index (χ3v) is 14.9. The number of hydrogen-bond donors (Lipinski definition) is 1. The molecule has 4 saturated heterocycles. The standard InChI is InChI=1S/C28H35BFN3O5.C27H33BFN3O6.CH4/c1-20(34)4-7-24-18-33(28(35)38-24)22-6-9-27(26(30)16-22)32-13-11-31(12-14-32)10-3-15-36-23-8-5-21-19-37-29(2)25(21)17-23;1-19(33)6-8-22-17-32(27(34)38-22)21-7-9-24(23(29)16-21)31-13-11-30(12-14-31)10-3-15-36-25-5-2-4-20-18-37-28(35)26(20)25;/h5-6,8-9,16-17,24H,3-4,7,10-15,18-19H2,1-2H3;2,4-5,7,9,16,22,35H,3,6,8,10-15,17-18H2,1H3;1H4. The second-order valence-electron chi connectivity index (χ2n) is 20.4. The molecule has 6 aliphatic rings. The van der Waals surface area contributed by atoms with Gasteiger partial charge in [0.2, 0.25) is 0 Å². The molecular formula is C56H72B2F2N6O11. The number of piperazine rings is 2. The van der Waals surface area contributed by atoms with Crippen LogP contribution in [0.2, 0.25) is 6.82 Å². The number of cyclic esters (lactones) is 2. The Morgan fingerprint density at radius 3 is 1.70 bits per heavy atom. The van der Waals surface area contributed by atoms with E-state index in [2.05, 4.69) is 33.7 Å². The maximum Gasteiger partial charge on any atom is 0.495 e. The zero-order valence-electron chi connectivity index (χ0n) is 43.8. The number of amides is 2. The van der Waals surface area contributed by atoms with Crippen molar-refractivity contribution in [3.05, 3.63) is 95.6 Å². The van der Waals surface area contributed by atoms with Crippen molar-refractivity contribution in [2.45, 2.75) is 92.0 Å². The minimum Gasteiger partial charge on any atom is -0.494 e. The molecule has 6 aliphatic heterocycles. The first-order valence-electron chi connectivity index (χ1n) is 26.7. The smallest absolute Gasteiger partial charge is 0.494 e. The van der Waals surface area contributed by atoms with Crippen molar-refractivity contribution in [2.75, 3.05) is 111 Å². The molecular weight excluding hydrogens is 992 g/mol. The molecule has 0 radical (unpaired) electrons. The second kappa shape index (κ2) is 26.4. The molecule has 10 rings (SSSR count). The minimum absolute atomic E-state index is 0. The highest BCUT2D eigenvalue weighted by Gasteiger charge is 2.35. The van der Waals surface area contributed by atoms with Gasteiger partial charge in [-0.1, -0.05) is 32.4 Å². The van der Waals surface area contributed by atoms with E-state index in [1.54, 1.807) is 24.3 Å². The summed E-state index contributed by atoms with van der Waals surface area (Å²) in [6.45, 7) is 16.1. The van der Waals surface area contributed by atoms with Gasteiger partial charge in [0.25, 0.3) is 0 Å². The number of carbonyl (C=O) groups excluding carboxylic acids is 4. The number of carbonyl (C=O) groups is 4. The zero-order valence-corrected chi connectivity index (χ0v) is 43.8. The van der Waals surface area contributed by atoms with Gasteiger partial charge in [-0.15, -0.1) is 0 Å². The Hall–Kier alpha value is -6.25. The lowest BCUT2D eigenvalue weighted by atomic mass is 9.64. The van der Waals surface area contributed by atoms with Crippen LogP contribution in [0.15, 0.2) is 72.8 Å². The Balaban J connectivity index is 0.000000201. The highest BCUT2D eigenvalue weighted by atomic mass is 19.1. The molecule has 0 spiro atoms. The van der Waals surface area contributed by atoms with Crippen molar-refractivity contribution in [3.8, 4) is 11.5 Å². The van der Waals surface area contributed by atoms with Gasteiger partial charge in [-0.2, -0.15) is 0 Å². The highest BCUT2D eigenvalue weighted by Crippen LogP contribution is 2.32. The number of benzene rings is 4. The first-order chi connectivity index (χ1) is 36.8. The van der Waals surface area contributed by atoms with Crippen LogP contribution in [-0.2, 0) is 41.6 Å². The van der Waals surface area contributed by atoms with Crippen LogP contribution in [0.5, 0.6) is 11.5 Å². The molecule has 21 heteroatoms. The quantitative estimate of drug-likeness (QED) is 0.0760. The summed E-state index contributed by atoms with van der Waals surface area (Å²) in [5.74, 6) is 0.950. The van der Waals surface area contributed by atoms with Crippen molar-refractivity contribution in [2.24, 2.45) is 0 Å². The SMILES string of the molecule is C.CB1OCc2ccc(OCCCN3CCN(c4ccc(N5CC(CCC(C)=O)OC5=O)cc4F)CC3)cc21.CC(=O)CCC1CN(c2ccc(N3CCN(CCCOc4cccc5c4B(O)OC5)CC3)c(F)c2)C(=O)O1. The van der Waals surface area contributed by atoms with E-state index in [9.17, 15) is 24.2 Å². The average Bonchev–Trinajstić information content (AvgIpc) is 4.21. The van der Waals surface area contributed by atoms with E-state index in [0.717, 1.165) is 82.0 Å². The van der Waals surface area contributed by atoms with Gasteiger partial charge in [-0.25, -0.2) is 18.4 Å². The molecule has 0 aromatic heterocycles. The summed E-state index contributed by atoms with van der Waals surface area (Å²) in [5.41, 5.74) is 6.15. The minimum atomic E-state index is -0.928. The molecule has 0 bridgehead atoms. The summed E-state index contributed by atoms with van der Waals surface area (Å²) in [7, 11) is -0.928. The third-order valence-electron chi connectivity index (χ3n) is 14.9. The number of anilines is 4. The van der Waals surface area contributed by atoms with Gasteiger partial charge >= 0.3 is 26.2 Å². The monoisotopic (exact) mass is 1060 g/mol. The van der Waals surface area contributed by atoms with Gasteiger partial charge in [0.1, 0.15) is 46.9 Å². The van der Waals surface area contributed by atoms with Gasteiger partial charge < -0.3 is 52.7 Å². The number of rotatable bonds is 20. The number of halogens is 2. The first-order valence-corrected chi connectivity index (χ1v) is 26.7. The second-order valence-corrected chi connectivity index (χ2v) is 20.4. The molecule has 0 saturated carbocycles. The number of ketones is 2. The summed E-state index contributed by atoms with van der Waals surface area (Å²) >= 11 is 0. The fourth-order valence-electron chi connectivity index (χ4n) is 10.6. The summed E-state index contributed by atoms with van der Waals surface area (Å²) in [6.07, 6.45) is 1.72. The van der Waals surface area contributed by atoms with Crippen molar-refractivity contribution in [1.82, 2.24) is 9.80 Å². The molecule has 2 atom stereocenters. The average molecular weight is 1060 g/mol. The van der Waals surface area contributed by atoms with Gasteiger partial charge in [-0.3, -0.25) is 19.6 Å². The lowest BCUT2D eigenvalue weighted by Gasteiger charge is -2.36. The van der Waals surface area contributed by atoms with Gasteiger partial charge in [0.05, 0.1) is 62.3 Å². The lowest BCUT2D eigenvalue weighted by Crippen LogP contribution is -2.47. The predicted octanol–water partition coefficient (Wildman–Crippen LogP) is 6.43. The number of nitrogens with zero attached hydrogens (tertiary/aromatic N) is 6. The van der Waals surface area contributed by atoms with E-state index in [1.165, 1.54) is 46.8 Å². The van der Waals surface area contributed by atoms with E-state index in [1.807, 2.05) is 29.2 Å². The number of Topliss-reactive ketones (excluding diaryl/α,β-unsaturated/α-hetero) is 2. The Bertz CT molecular complexity index is 2710. The number of ether oxygens (including phenoxy) is 4. The molecule has 6 heterocycles. The molecule has 0 aliphatic carbocycles. The molecule has 1 N–H and O–H groups in total. The van der Waals surface area contributed by atoms with Crippen LogP contribution in [0.4, 0.5) is 41.1 Å². The van der Waals surface area contributed by atoms with E-state index < -0.39 is 19.3 Å².